The van der Waals surface area contributed by atoms with Crippen LogP contribution in [0.1, 0.15) is 30.0 Å². The molecule has 2 heteroatoms. The number of morpholine rings is 1. The van der Waals surface area contributed by atoms with E-state index in [0.29, 0.717) is 12.1 Å². The summed E-state index contributed by atoms with van der Waals surface area (Å²) in [6, 6.07) is 20.7. The molecule has 0 amide bonds. The normalized spacial score (nSPS) is 23.8. The van der Waals surface area contributed by atoms with Crippen LogP contribution in [0.15, 0.2) is 60.7 Å². The Morgan fingerprint density at radius 3 is 2.46 bits per heavy atom. The number of ether oxygens (including phenoxy) is 1. The van der Waals surface area contributed by atoms with Crippen LogP contribution in [0.2, 0.25) is 0 Å². The summed E-state index contributed by atoms with van der Waals surface area (Å²) >= 11 is 0. The van der Waals surface area contributed by atoms with Crippen molar-refractivity contribution in [3.63, 3.8) is 0 Å². The molecule has 0 radical (unpaired) electrons. The first kappa shape index (κ1) is 15.6. The summed E-state index contributed by atoms with van der Waals surface area (Å²) in [5.74, 6) is 0. The van der Waals surface area contributed by atoms with Crippen molar-refractivity contribution in [1.29, 1.82) is 0 Å². The van der Waals surface area contributed by atoms with Gasteiger partial charge in [0.05, 0.1) is 19.3 Å². The number of rotatable bonds is 4. The van der Waals surface area contributed by atoms with E-state index in [2.05, 4.69) is 72.5 Å². The molecule has 2 nitrogen and oxygen atoms in total. The Bertz CT molecular complexity index is 705. The van der Waals surface area contributed by atoms with Gasteiger partial charge in [-0.2, -0.15) is 0 Å². The highest BCUT2D eigenvalue weighted by atomic mass is 16.5. The zero-order chi connectivity index (χ0) is 16.4. The van der Waals surface area contributed by atoms with E-state index >= 15 is 0 Å². The van der Waals surface area contributed by atoms with E-state index in [0.717, 1.165) is 32.6 Å². The van der Waals surface area contributed by atoms with Crippen LogP contribution in [0.4, 0.5) is 0 Å². The molecule has 2 bridgehead atoms. The lowest BCUT2D eigenvalue weighted by atomic mass is 9.89. The summed E-state index contributed by atoms with van der Waals surface area (Å²) < 4.78 is 5.84. The second-order valence-corrected chi connectivity index (χ2v) is 6.86. The summed E-state index contributed by atoms with van der Waals surface area (Å²) in [6.45, 7) is 4.86. The van der Waals surface area contributed by atoms with Crippen molar-refractivity contribution in [3.8, 4) is 0 Å². The lowest BCUT2D eigenvalue weighted by Crippen LogP contribution is -2.53. The number of benzene rings is 2. The van der Waals surface area contributed by atoms with Crippen LogP contribution in [0.3, 0.4) is 0 Å². The Morgan fingerprint density at radius 2 is 1.75 bits per heavy atom. The monoisotopic (exact) mass is 319 g/mol. The van der Waals surface area contributed by atoms with Gasteiger partial charge in [0.15, 0.2) is 0 Å². The van der Waals surface area contributed by atoms with E-state index in [1.165, 1.54) is 22.3 Å². The Kier molecular flexibility index (Phi) is 4.50. The van der Waals surface area contributed by atoms with Gasteiger partial charge >= 0.3 is 0 Å². The molecular weight excluding hydrogens is 294 g/mol. The van der Waals surface area contributed by atoms with Crippen molar-refractivity contribution in [3.05, 3.63) is 77.4 Å². The predicted octanol–water partition coefficient (Wildman–Crippen LogP) is 4.31. The summed E-state index contributed by atoms with van der Waals surface area (Å²) in [6.07, 6.45) is 4.61. The van der Waals surface area contributed by atoms with E-state index in [-0.39, 0.29) is 0 Å². The standard InChI is InChI=1S/C22H25NO/c1-2-17-8-10-19(11-9-17)20-12-21-15-24-16-22(13-20)23(21)14-18-6-4-3-5-7-18/h3-12,21-22H,2,13-16H2,1H3. The third-order valence-corrected chi connectivity index (χ3v) is 5.28. The van der Waals surface area contributed by atoms with Crippen LogP contribution in [0.5, 0.6) is 0 Å². The summed E-state index contributed by atoms with van der Waals surface area (Å²) in [5.41, 5.74) is 5.66. The molecule has 2 aliphatic rings. The highest BCUT2D eigenvalue weighted by Gasteiger charge is 2.34. The van der Waals surface area contributed by atoms with Gasteiger partial charge in [-0.25, -0.2) is 0 Å². The smallest absolute Gasteiger partial charge is 0.0658 e. The second kappa shape index (κ2) is 6.92. The Balaban J connectivity index is 1.57. The molecule has 4 rings (SSSR count). The van der Waals surface area contributed by atoms with Crippen LogP contribution in [-0.2, 0) is 17.7 Å². The average molecular weight is 319 g/mol. The van der Waals surface area contributed by atoms with Crippen molar-refractivity contribution in [2.24, 2.45) is 0 Å². The molecule has 2 aliphatic heterocycles. The van der Waals surface area contributed by atoms with Crippen LogP contribution < -0.4 is 0 Å². The SMILES string of the molecule is CCc1ccc(C2=CC3COCC(C2)N3Cc2ccccc2)cc1. The molecule has 2 atom stereocenters. The van der Waals surface area contributed by atoms with Crippen LogP contribution in [0.25, 0.3) is 5.57 Å². The molecule has 2 aromatic rings. The van der Waals surface area contributed by atoms with Gasteiger partial charge in [0, 0.05) is 12.6 Å². The number of nitrogens with zero attached hydrogens (tertiary/aromatic N) is 1. The molecule has 2 unspecified atom stereocenters. The van der Waals surface area contributed by atoms with Crippen LogP contribution >= 0.6 is 0 Å². The maximum absolute atomic E-state index is 5.84. The first-order valence-corrected chi connectivity index (χ1v) is 9.01. The Labute approximate surface area is 144 Å². The van der Waals surface area contributed by atoms with Gasteiger partial charge in [-0.15, -0.1) is 0 Å². The molecule has 0 saturated carbocycles. The van der Waals surface area contributed by atoms with Crippen molar-refractivity contribution >= 4 is 5.57 Å². The minimum Gasteiger partial charge on any atom is -0.378 e. The van der Waals surface area contributed by atoms with Crippen molar-refractivity contribution in [2.45, 2.75) is 38.4 Å². The third kappa shape index (κ3) is 3.17. The molecule has 1 fully saturated rings. The molecule has 1 saturated heterocycles. The molecule has 0 N–H and O–H groups in total. The summed E-state index contributed by atoms with van der Waals surface area (Å²) in [5, 5.41) is 0. The van der Waals surface area contributed by atoms with Gasteiger partial charge in [0.25, 0.3) is 0 Å². The number of hydrogen-bond donors (Lipinski definition) is 0. The molecule has 2 aromatic carbocycles. The van der Waals surface area contributed by atoms with Crippen LogP contribution in [0, 0.1) is 0 Å². The highest BCUT2D eigenvalue weighted by Crippen LogP contribution is 2.33. The summed E-state index contributed by atoms with van der Waals surface area (Å²) in [4.78, 5) is 2.61. The Hall–Kier alpha value is -1.90. The fourth-order valence-electron chi connectivity index (χ4n) is 3.87. The maximum Gasteiger partial charge on any atom is 0.0658 e. The van der Waals surface area contributed by atoms with Crippen molar-refractivity contribution < 1.29 is 4.74 Å². The van der Waals surface area contributed by atoms with E-state index in [4.69, 9.17) is 4.74 Å². The molecular formula is C22H25NO. The first-order valence-electron chi connectivity index (χ1n) is 9.01. The van der Waals surface area contributed by atoms with Gasteiger partial charge in [-0.3, -0.25) is 4.90 Å². The fourth-order valence-corrected chi connectivity index (χ4v) is 3.87. The van der Waals surface area contributed by atoms with E-state index in [1.54, 1.807) is 0 Å². The van der Waals surface area contributed by atoms with Gasteiger partial charge < -0.3 is 4.74 Å². The van der Waals surface area contributed by atoms with Gasteiger partial charge in [-0.05, 0) is 35.1 Å². The van der Waals surface area contributed by atoms with Gasteiger partial charge in [0.1, 0.15) is 0 Å². The molecule has 0 spiro atoms. The lowest BCUT2D eigenvalue weighted by Gasteiger charge is -2.44. The van der Waals surface area contributed by atoms with Crippen molar-refractivity contribution in [2.75, 3.05) is 13.2 Å². The average Bonchev–Trinajstić information content (AvgIpc) is 2.62. The molecule has 0 aromatic heterocycles. The minimum atomic E-state index is 0.388. The molecule has 2 heterocycles. The molecule has 0 aliphatic carbocycles. The van der Waals surface area contributed by atoms with Crippen molar-refractivity contribution in [1.82, 2.24) is 4.90 Å². The first-order chi connectivity index (χ1) is 11.8. The number of aryl methyl sites for hydroxylation is 1. The predicted molar refractivity (Wildman–Crippen MR) is 98.8 cm³/mol. The second-order valence-electron chi connectivity index (χ2n) is 6.86. The zero-order valence-corrected chi connectivity index (χ0v) is 14.3. The lowest BCUT2D eigenvalue weighted by molar-refractivity contribution is -0.0402. The minimum absolute atomic E-state index is 0.388. The number of hydrogen-bond acceptors (Lipinski definition) is 2. The van der Waals surface area contributed by atoms with Gasteiger partial charge in [-0.1, -0.05) is 67.6 Å². The topological polar surface area (TPSA) is 12.5 Å². The van der Waals surface area contributed by atoms with E-state index in [1.807, 2.05) is 0 Å². The Morgan fingerprint density at radius 1 is 0.958 bits per heavy atom. The molecule has 124 valence electrons. The van der Waals surface area contributed by atoms with E-state index in [9.17, 15) is 0 Å². The quantitative estimate of drug-likeness (QED) is 0.833. The fraction of sp³-hybridized carbons (Fsp3) is 0.364. The number of fused-ring (bicyclic) bond motifs is 2. The third-order valence-electron chi connectivity index (χ3n) is 5.28. The zero-order valence-electron chi connectivity index (χ0n) is 14.3. The maximum atomic E-state index is 5.84. The van der Waals surface area contributed by atoms with Crippen LogP contribution in [-0.4, -0.2) is 30.2 Å². The summed E-state index contributed by atoms with van der Waals surface area (Å²) in [7, 11) is 0. The largest absolute Gasteiger partial charge is 0.378 e. The van der Waals surface area contributed by atoms with E-state index < -0.39 is 0 Å². The van der Waals surface area contributed by atoms with Gasteiger partial charge in [0.2, 0.25) is 0 Å². The molecule has 24 heavy (non-hydrogen) atoms. The highest BCUT2D eigenvalue weighted by molar-refractivity contribution is 5.68.